The Morgan fingerprint density at radius 3 is 2.54 bits per heavy atom. The third-order valence-corrected chi connectivity index (χ3v) is 6.07. The molecule has 0 aliphatic rings. The second kappa shape index (κ2) is 10.3. The molecule has 0 fully saturated rings. The summed E-state index contributed by atoms with van der Waals surface area (Å²) < 4.78 is 6.89. The predicted molar refractivity (Wildman–Crippen MR) is 122 cm³/mol. The quantitative estimate of drug-likeness (QED) is 0.381. The van der Waals surface area contributed by atoms with E-state index in [9.17, 15) is 4.79 Å². The minimum Gasteiger partial charge on any atom is -0.489 e. The van der Waals surface area contributed by atoms with E-state index in [4.69, 9.17) is 17.0 Å². The molecule has 0 spiro atoms. The predicted octanol–water partition coefficient (Wildman–Crippen LogP) is 5.57. The van der Waals surface area contributed by atoms with Gasteiger partial charge in [-0.3, -0.25) is 10.1 Å². The van der Waals surface area contributed by atoms with Crippen LogP contribution in [0.4, 0.5) is 5.69 Å². The Kier molecular flexibility index (Phi) is 7.47. The Morgan fingerprint density at radius 1 is 1.07 bits per heavy atom. The summed E-state index contributed by atoms with van der Waals surface area (Å²) in [6.07, 6.45) is 0. The van der Waals surface area contributed by atoms with Gasteiger partial charge in [0, 0.05) is 5.69 Å². The molecule has 2 aromatic carbocycles. The molecular formula is C21H20N2O2S3. The molecule has 28 heavy (non-hydrogen) atoms. The lowest BCUT2D eigenvalue weighted by molar-refractivity contribution is 0.0981. The van der Waals surface area contributed by atoms with E-state index in [0.717, 1.165) is 27.0 Å². The molecule has 4 nitrogen and oxygen atoms in total. The number of thiophene rings is 1. The molecule has 2 N–H and O–H groups in total. The van der Waals surface area contributed by atoms with Crippen LogP contribution in [0, 0.1) is 0 Å². The Morgan fingerprint density at radius 2 is 1.82 bits per heavy atom. The highest BCUT2D eigenvalue weighted by molar-refractivity contribution is 8.01. The lowest BCUT2D eigenvalue weighted by Crippen LogP contribution is -2.33. The number of carbonyl (C=O) groups is 1. The maximum Gasteiger partial charge on any atom is 0.267 e. The number of hydrogen-bond donors (Lipinski definition) is 2. The van der Waals surface area contributed by atoms with Crippen LogP contribution in [0.25, 0.3) is 0 Å². The Labute approximate surface area is 178 Å². The molecule has 7 heteroatoms. The zero-order valence-corrected chi connectivity index (χ0v) is 17.8. The van der Waals surface area contributed by atoms with Crippen LogP contribution in [0.5, 0.6) is 5.75 Å². The van der Waals surface area contributed by atoms with Crippen molar-refractivity contribution in [3.8, 4) is 5.75 Å². The number of anilines is 1. The number of amides is 1. The summed E-state index contributed by atoms with van der Waals surface area (Å²) in [5, 5.41) is 6.00. The Balaban J connectivity index is 1.49. The molecule has 3 aromatic rings. The van der Waals surface area contributed by atoms with Crippen LogP contribution in [-0.4, -0.2) is 16.8 Å². The number of nitrogens with one attached hydrogen (secondary N) is 2. The average Bonchev–Trinajstić information content (AvgIpc) is 3.17. The van der Waals surface area contributed by atoms with Crippen molar-refractivity contribution in [3.63, 3.8) is 0 Å². The van der Waals surface area contributed by atoms with Crippen LogP contribution in [-0.2, 0) is 6.61 Å². The van der Waals surface area contributed by atoms with E-state index >= 15 is 0 Å². The van der Waals surface area contributed by atoms with Gasteiger partial charge in [0.1, 0.15) is 12.4 Å². The molecule has 0 unspecified atom stereocenters. The number of hydrogen-bond acceptors (Lipinski definition) is 5. The Bertz CT molecular complexity index is 924. The van der Waals surface area contributed by atoms with Crippen molar-refractivity contribution in [1.82, 2.24) is 5.32 Å². The van der Waals surface area contributed by atoms with E-state index in [0.29, 0.717) is 11.5 Å². The fourth-order valence-corrected chi connectivity index (χ4v) is 4.52. The van der Waals surface area contributed by atoms with E-state index in [-0.39, 0.29) is 11.0 Å². The molecule has 0 atom stereocenters. The van der Waals surface area contributed by atoms with E-state index in [1.165, 1.54) is 11.3 Å². The van der Waals surface area contributed by atoms with Gasteiger partial charge >= 0.3 is 0 Å². The molecule has 0 aliphatic heterocycles. The van der Waals surface area contributed by atoms with Gasteiger partial charge in [-0.05, 0) is 59.9 Å². The molecule has 3 rings (SSSR count). The monoisotopic (exact) mass is 428 g/mol. The fraction of sp³-hybridized carbons (Fsp3) is 0.143. The van der Waals surface area contributed by atoms with E-state index in [2.05, 4.69) is 17.6 Å². The van der Waals surface area contributed by atoms with Crippen molar-refractivity contribution in [2.24, 2.45) is 0 Å². The first-order valence-corrected chi connectivity index (χ1v) is 11.0. The highest BCUT2D eigenvalue weighted by Gasteiger charge is 2.11. The van der Waals surface area contributed by atoms with Crippen molar-refractivity contribution in [3.05, 3.63) is 77.2 Å². The first kappa shape index (κ1) is 20.4. The van der Waals surface area contributed by atoms with Crippen LogP contribution >= 0.6 is 35.3 Å². The van der Waals surface area contributed by atoms with Gasteiger partial charge in [0.15, 0.2) is 5.11 Å². The van der Waals surface area contributed by atoms with Crippen molar-refractivity contribution in [2.75, 3.05) is 11.1 Å². The molecular weight excluding hydrogens is 408 g/mol. The summed E-state index contributed by atoms with van der Waals surface area (Å²) in [5.74, 6) is 1.55. The van der Waals surface area contributed by atoms with Crippen molar-refractivity contribution < 1.29 is 9.53 Å². The van der Waals surface area contributed by atoms with Gasteiger partial charge in [0.25, 0.3) is 5.91 Å². The third kappa shape index (κ3) is 6.09. The maximum atomic E-state index is 12.3. The zero-order chi connectivity index (χ0) is 19.8. The summed E-state index contributed by atoms with van der Waals surface area (Å²) >= 11 is 8.43. The topological polar surface area (TPSA) is 50.4 Å². The number of rotatable bonds is 7. The van der Waals surface area contributed by atoms with Gasteiger partial charge in [-0.2, -0.15) is 0 Å². The van der Waals surface area contributed by atoms with Crippen LogP contribution < -0.4 is 15.4 Å². The Hall–Kier alpha value is -2.35. The maximum absolute atomic E-state index is 12.3. The first-order chi connectivity index (χ1) is 13.6. The van der Waals surface area contributed by atoms with E-state index in [1.54, 1.807) is 11.8 Å². The lowest BCUT2D eigenvalue weighted by atomic mass is 10.2. The lowest BCUT2D eigenvalue weighted by Gasteiger charge is -2.10. The van der Waals surface area contributed by atoms with Crippen LogP contribution in [0.1, 0.15) is 22.2 Å². The van der Waals surface area contributed by atoms with Gasteiger partial charge in [-0.25, -0.2) is 0 Å². The summed E-state index contributed by atoms with van der Waals surface area (Å²) in [7, 11) is 0. The van der Waals surface area contributed by atoms with Crippen LogP contribution in [0.15, 0.2) is 70.9 Å². The minimum atomic E-state index is -0.201. The first-order valence-electron chi connectivity index (χ1n) is 8.76. The fourth-order valence-electron chi connectivity index (χ4n) is 2.36. The number of thioether (sulfide) groups is 1. The van der Waals surface area contributed by atoms with Gasteiger partial charge in [0.05, 0.1) is 9.09 Å². The van der Waals surface area contributed by atoms with Gasteiger partial charge < -0.3 is 10.1 Å². The molecule has 1 amide bonds. The minimum absolute atomic E-state index is 0.201. The molecule has 0 radical (unpaired) electrons. The third-order valence-electron chi connectivity index (χ3n) is 3.68. The van der Waals surface area contributed by atoms with Crippen LogP contribution in [0.3, 0.4) is 0 Å². The summed E-state index contributed by atoms with van der Waals surface area (Å²) in [4.78, 5) is 12.9. The van der Waals surface area contributed by atoms with Gasteiger partial charge in [-0.1, -0.05) is 37.3 Å². The summed E-state index contributed by atoms with van der Waals surface area (Å²) in [6.45, 7) is 2.60. The molecule has 0 bridgehead atoms. The molecule has 1 aromatic heterocycles. The van der Waals surface area contributed by atoms with Gasteiger partial charge in [0.2, 0.25) is 0 Å². The molecule has 144 valence electrons. The number of benzene rings is 2. The normalized spacial score (nSPS) is 10.3. The number of carbonyl (C=O) groups excluding carboxylic acids is 1. The van der Waals surface area contributed by atoms with Gasteiger partial charge in [-0.15, -0.1) is 23.1 Å². The van der Waals surface area contributed by atoms with Crippen molar-refractivity contribution in [1.29, 1.82) is 0 Å². The summed E-state index contributed by atoms with van der Waals surface area (Å²) in [5.41, 5.74) is 1.90. The largest absolute Gasteiger partial charge is 0.489 e. The van der Waals surface area contributed by atoms with Crippen molar-refractivity contribution in [2.45, 2.75) is 17.7 Å². The second-order valence-electron chi connectivity index (χ2n) is 5.76. The van der Waals surface area contributed by atoms with E-state index < -0.39 is 0 Å². The zero-order valence-electron chi connectivity index (χ0n) is 15.3. The second-order valence-corrected chi connectivity index (χ2v) is 8.81. The number of thiocarbonyl (C=S) groups is 1. The number of ether oxygens (including phenoxy) is 1. The highest BCUT2D eigenvalue weighted by Crippen LogP contribution is 2.26. The molecule has 1 heterocycles. The SMILES string of the molecule is CCSc1ccc(C(=O)NC(=S)Nc2ccc(OCc3ccccc3)cc2)s1. The smallest absolute Gasteiger partial charge is 0.267 e. The molecule has 0 aliphatic carbocycles. The molecule has 0 saturated heterocycles. The standard InChI is InChI=1S/C21H20N2O2S3/c1-2-27-19-13-12-18(28-19)20(24)23-21(26)22-16-8-10-17(11-9-16)25-14-15-6-4-3-5-7-15/h3-13H,2,14H2,1H3,(H2,22,23,24,26). The van der Waals surface area contributed by atoms with Crippen LogP contribution in [0.2, 0.25) is 0 Å². The average molecular weight is 429 g/mol. The molecule has 0 saturated carbocycles. The highest BCUT2D eigenvalue weighted by atomic mass is 32.2. The van der Waals surface area contributed by atoms with E-state index in [1.807, 2.05) is 66.7 Å². The summed E-state index contributed by atoms with van der Waals surface area (Å²) in [6, 6.07) is 21.2. The van der Waals surface area contributed by atoms with Crippen molar-refractivity contribution >= 4 is 52.0 Å².